The fraction of sp³-hybridized carbons (Fsp3) is 0.214. The average Bonchev–Trinajstić information content (AvgIpc) is 2.42. The SMILES string of the molecule is CCS(=O)(=O)C(c1ccc(Cl)cc1)c1ccccn1. The van der Waals surface area contributed by atoms with Gasteiger partial charge in [-0.1, -0.05) is 36.7 Å². The van der Waals surface area contributed by atoms with Crippen LogP contribution in [0.2, 0.25) is 5.02 Å². The van der Waals surface area contributed by atoms with Gasteiger partial charge in [-0.2, -0.15) is 0 Å². The first kappa shape index (κ1) is 14.0. The smallest absolute Gasteiger partial charge is 0.162 e. The van der Waals surface area contributed by atoms with Crippen LogP contribution in [0.5, 0.6) is 0 Å². The molecule has 0 aliphatic heterocycles. The lowest BCUT2D eigenvalue weighted by Gasteiger charge is -2.16. The van der Waals surface area contributed by atoms with Gasteiger partial charge in [-0.25, -0.2) is 8.42 Å². The fourth-order valence-corrected chi connectivity index (χ4v) is 3.44. The molecule has 19 heavy (non-hydrogen) atoms. The number of hydrogen-bond acceptors (Lipinski definition) is 3. The van der Waals surface area contributed by atoms with Crippen molar-refractivity contribution in [3.05, 3.63) is 64.9 Å². The van der Waals surface area contributed by atoms with Crippen LogP contribution >= 0.6 is 11.6 Å². The van der Waals surface area contributed by atoms with E-state index in [2.05, 4.69) is 4.98 Å². The molecule has 0 N–H and O–H groups in total. The topological polar surface area (TPSA) is 47.0 Å². The van der Waals surface area contributed by atoms with Crippen molar-refractivity contribution >= 4 is 21.4 Å². The molecule has 0 saturated heterocycles. The van der Waals surface area contributed by atoms with E-state index in [0.717, 1.165) is 0 Å². The van der Waals surface area contributed by atoms with Gasteiger partial charge in [0.05, 0.1) is 5.69 Å². The summed E-state index contributed by atoms with van der Waals surface area (Å²) in [7, 11) is -3.28. The molecule has 0 spiro atoms. The Hall–Kier alpha value is -1.39. The third-order valence-electron chi connectivity index (χ3n) is 2.89. The van der Waals surface area contributed by atoms with Gasteiger partial charge in [-0.3, -0.25) is 4.98 Å². The maximum Gasteiger partial charge on any atom is 0.162 e. The van der Waals surface area contributed by atoms with Crippen LogP contribution in [0.25, 0.3) is 0 Å². The quantitative estimate of drug-likeness (QED) is 0.870. The number of aromatic nitrogens is 1. The highest BCUT2D eigenvalue weighted by molar-refractivity contribution is 7.91. The molecule has 5 heteroatoms. The number of halogens is 1. The first-order valence-electron chi connectivity index (χ1n) is 5.92. The van der Waals surface area contributed by atoms with Crippen LogP contribution in [-0.4, -0.2) is 19.2 Å². The molecular formula is C14H14ClNO2S. The molecule has 1 atom stereocenters. The molecular weight excluding hydrogens is 282 g/mol. The summed E-state index contributed by atoms with van der Waals surface area (Å²) < 4.78 is 24.6. The maximum atomic E-state index is 12.3. The van der Waals surface area contributed by atoms with Gasteiger partial charge in [0, 0.05) is 17.0 Å². The highest BCUT2D eigenvalue weighted by Gasteiger charge is 2.28. The molecule has 0 aliphatic rings. The third kappa shape index (κ3) is 3.14. The van der Waals surface area contributed by atoms with E-state index < -0.39 is 15.1 Å². The lowest BCUT2D eigenvalue weighted by molar-refractivity contribution is 0.589. The second-order valence-corrected chi connectivity index (χ2v) is 6.95. The molecule has 0 aliphatic carbocycles. The Morgan fingerprint density at radius 1 is 1.16 bits per heavy atom. The first-order chi connectivity index (χ1) is 9.04. The predicted octanol–water partition coefficient (Wildman–Crippen LogP) is 3.26. The van der Waals surface area contributed by atoms with E-state index in [-0.39, 0.29) is 5.75 Å². The van der Waals surface area contributed by atoms with Crippen molar-refractivity contribution in [2.24, 2.45) is 0 Å². The van der Waals surface area contributed by atoms with E-state index in [9.17, 15) is 8.42 Å². The Balaban J connectivity index is 2.56. The van der Waals surface area contributed by atoms with Gasteiger partial charge in [0.2, 0.25) is 0 Å². The molecule has 1 aromatic carbocycles. The highest BCUT2D eigenvalue weighted by atomic mass is 35.5. The lowest BCUT2D eigenvalue weighted by atomic mass is 10.1. The van der Waals surface area contributed by atoms with Gasteiger partial charge in [0.1, 0.15) is 5.25 Å². The van der Waals surface area contributed by atoms with Crippen molar-refractivity contribution in [2.75, 3.05) is 5.75 Å². The molecule has 3 nitrogen and oxygen atoms in total. The minimum absolute atomic E-state index is 0.0663. The first-order valence-corrected chi connectivity index (χ1v) is 8.02. The van der Waals surface area contributed by atoms with E-state index in [1.807, 2.05) is 0 Å². The van der Waals surface area contributed by atoms with E-state index in [4.69, 9.17) is 11.6 Å². The summed E-state index contributed by atoms with van der Waals surface area (Å²) in [5, 5.41) is -0.159. The van der Waals surface area contributed by atoms with Crippen molar-refractivity contribution in [2.45, 2.75) is 12.2 Å². The highest BCUT2D eigenvalue weighted by Crippen LogP contribution is 2.30. The van der Waals surface area contributed by atoms with Crippen LogP contribution in [0.15, 0.2) is 48.7 Å². The Morgan fingerprint density at radius 2 is 1.84 bits per heavy atom. The minimum atomic E-state index is -3.28. The molecule has 1 unspecified atom stereocenters. The second-order valence-electron chi connectivity index (χ2n) is 4.14. The molecule has 1 aromatic heterocycles. The van der Waals surface area contributed by atoms with Gasteiger partial charge in [0.25, 0.3) is 0 Å². The maximum absolute atomic E-state index is 12.3. The van der Waals surface area contributed by atoms with Crippen LogP contribution in [-0.2, 0) is 9.84 Å². The van der Waals surface area contributed by atoms with Crippen LogP contribution < -0.4 is 0 Å². The van der Waals surface area contributed by atoms with Crippen molar-refractivity contribution in [3.8, 4) is 0 Å². The van der Waals surface area contributed by atoms with Crippen LogP contribution in [0, 0.1) is 0 Å². The molecule has 0 saturated carbocycles. The summed E-state index contributed by atoms with van der Waals surface area (Å²) in [4.78, 5) is 4.18. The zero-order chi connectivity index (χ0) is 13.9. The zero-order valence-corrected chi connectivity index (χ0v) is 12.0. The predicted molar refractivity (Wildman–Crippen MR) is 77.0 cm³/mol. The Morgan fingerprint density at radius 3 is 2.37 bits per heavy atom. The van der Waals surface area contributed by atoms with Gasteiger partial charge < -0.3 is 0 Å². The second kappa shape index (κ2) is 5.72. The summed E-state index contributed by atoms with van der Waals surface area (Å²) in [5.41, 5.74) is 1.22. The van der Waals surface area contributed by atoms with Gasteiger partial charge in [-0.05, 0) is 29.8 Å². The van der Waals surface area contributed by atoms with Crippen molar-refractivity contribution in [1.29, 1.82) is 0 Å². The van der Waals surface area contributed by atoms with Gasteiger partial charge >= 0.3 is 0 Å². The fourth-order valence-electron chi connectivity index (χ4n) is 1.90. The lowest BCUT2D eigenvalue weighted by Crippen LogP contribution is -2.17. The average molecular weight is 296 g/mol. The van der Waals surface area contributed by atoms with Crippen molar-refractivity contribution < 1.29 is 8.42 Å². The van der Waals surface area contributed by atoms with E-state index in [1.165, 1.54) is 0 Å². The largest absolute Gasteiger partial charge is 0.260 e. The summed E-state index contributed by atoms with van der Waals surface area (Å²) >= 11 is 5.85. The van der Waals surface area contributed by atoms with Crippen LogP contribution in [0.1, 0.15) is 23.4 Å². The van der Waals surface area contributed by atoms with Gasteiger partial charge in [-0.15, -0.1) is 0 Å². The van der Waals surface area contributed by atoms with E-state index in [1.54, 1.807) is 55.6 Å². The number of benzene rings is 1. The summed E-state index contributed by atoms with van der Waals surface area (Å²) in [6, 6.07) is 12.1. The summed E-state index contributed by atoms with van der Waals surface area (Å²) in [6.07, 6.45) is 1.60. The molecule has 0 bridgehead atoms. The molecule has 0 fully saturated rings. The van der Waals surface area contributed by atoms with Gasteiger partial charge in [0.15, 0.2) is 9.84 Å². The molecule has 0 amide bonds. The molecule has 2 aromatic rings. The summed E-state index contributed by atoms with van der Waals surface area (Å²) in [5.74, 6) is 0.0663. The van der Waals surface area contributed by atoms with E-state index in [0.29, 0.717) is 16.3 Å². The molecule has 1 heterocycles. The van der Waals surface area contributed by atoms with Crippen LogP contribution in [0.3, 0.4) is 0 Å². The third-order valence-corrected chi connectivity index (χ3v) is 5.18. The van der Waals surface area contributed by atoms with E-state index >= 15 is 0 Å². The van der Waals surface area contributed by atoms with Crippen LogP contribution in [0.4, 0.5) is 0 Å². The van der Waals surface area contributed by atoms with Crippen molar-refractivity contribution in [1.82, 2.24) is 4.98 Å². The Kier molecular flexibility index (Phi) is 4.22. The van der Waals surface area contributed by atoms with Crippen molar-refractivity contribution in [3.63, 3.8) is 0 Å². The zero-order valence-electron chi connectivity index (χ0n) is 10.5. The molecule has 0 radical (unpaired) electrons. The molecule has 100 valence electrons. The number of hydrogen-bond donors (Lipinski definition) is 0. The minimum Gasteiger partial charge on any atom is -0.260 e. The summed E-state index contributed by atoms with van der Waals surface area (Å²) in [6.45, 7) is 1.64. The standard InChI is InChI=1S/C14H14ClNO2S/c1-2-19(17,18)14(13-5-3-4-10-16-13)11-6-8-12(15)9-7-11/h3-10,14H,2H2,1H3. The molecule has 2 rings (SSSR count). The number of nitrogens with zero attached hydrogens (tertiary/aromatic N) is 1. The number of sulfone groups is 1. The normalized spacial score (nSPS) is 13.2. The monoisotopic (exact) mass is 295 g/mol. The Labute approximate surface area is 118 Å². The number of rotatable bonds is 4. The number of pyridine rings is 1. The Bertz CT molecular complexity index is 639.